The van der Waals surface area contributed by atoms with E-state index < -0.39 is 0 Å². The number of pyridine rings is 3. The lowest BCUT2D eigenvalue weighted by Crippen LogP contribution is -2.03. The van der Waals surface area contributed by atoms with Gasteiger partial charge in [0.1, 0.15) is 40.2 Å². The average molecular weight is 864 g/mol. The van der Waals surface area contributed by atoms with Gasteiger partial charge < -0.3 is 30.5 Å². The van der Waals surface area contributed by atoms with Crippen LogP contribution in [0.5, 0.6) is 0 Å². The molecule has 6 N–H and O–H groups in total. The van der Waals surface area contributed by atoms with Gasteiger partial charge in [-0.25, -0.2) is 29.9 Å². The summed E-state index contributed by atoms with van der Waals surface area (Å²) >= 11 is 0. The zero-order chi connectivity index (χ0) is 45.7. The number of nitrogens with two attached hydrogens (primary N) is 3. The lowest BCUT2D eigenvalue weighted by molar-refractivity contribution is 0.580. The van der Waals surface area contributed by atoms with Crippen LogP contribution in [-0.2, 0) is 0 Å². The second-order valence-corrected chi connectivity index (χ2v) is 13.5. The average Bonchev–Trinajstić information content (AvgIpc) is 4.21. The number of rotatable bonds is 6. The van der Waals surface area contributed by atoms with Gasteiger partial charge in [0.2, 0.25) is 0 Å². The molecule has 16 nitrogen and oxygen atoms in total. The maximum atomic E-state index is 9.04. The van der Waals surface area contributed by atoms with Gasteiger partial charge in [0.05, 0.1) is 18.8 Å². The van der Waals surface area contributed by atoms with E-state index in [-0.39, 0.29) is 23.1 Å². The summed E-state index contributed by atoms with van der Waals surface area (Å²) in [6.07, 6.45) is 20.1. The zero-order valence-corrected chi connectivity index (χ0v) is 34.5. The monoisotopic (exact) mass is 863 g/mol. The van der Waals surface area contributed by atoms with Crippen LogP contribution in [0.1, 0.15) is 22.6 Å². The van der Waals surface area contributed by atoms with Crippen LogP contribution in [0.2, 0.25) is 0 Å². The highest BCUT2D eigenvalue weighted by atomic mass is 16.3. The van der Waals surface area contributed by atoms with Crippen LogP contribution in [0.4, 0.5) is 17.5 Å². The first-order valence-corrected chi connectivity index (χ1v) is 19.7. The number of hydrogen-bond acceptors (Lipinski definition) is 16. The van der Waals surface area contributed by atoms with Crippen molar-refractivity contribution in [2.24, 2.45) is 0 Å². The van der Waals surface area contributed by atoms with Crippen LogP contribution in [0.15, 0.2) is 172 Å². The molecule has 0 amide bonds. The van der Waals surface area contributed by atoms with E-state index in [4.69, 9.17) is 42.1 Å². The topological polar surface area (TPSA) is 257 Å². The van der Waals surface area contributed by atoms with E-state index >= 15 is 0 Å². The summed E-state index contributed by atoms with van der Waals surface area (Å²) in [5.41, 5.74) is 25.3. The van der Waals surface area contributed by atoms with Gasteiger partial charge in [-0.15, -0.1) is 6.42 Å². The zero-order valence-electron chi connectivity index (χ0n) is 34.5. The molecule has 9 aromatic heterocycles. The molecule has 316 valence electrons. The van der Waals surface area contributed by atoms with Crippen molar-refractivity contribution in [2.45, 2.75) is 0 Å². The molecule has 0 saturated carbocycles. The van der Waals surface area contributed by atoms with Crippen LogP contribution in [0.25, 0.3) is 68.1 Å². The first-order chi connectivity index (χ1) is 32.4. The molecule has 0 aliphatic heterocycles. The van der Waals surface area contributed by atoms with E-state index in [2.05, 4.69) is 62.6 Å². The fraction of sp³-hybridized carbons (Fsp3) is 0. The minimum Gasteiger partial charge on any atom is -0.463 e. The predicted molar refractivity (Wildman–Crippen MR) is 247 cm³/mol. The third-order valence-electron chi connectivity index (χ3n) is 9.23. The number of nitrogen functional groups attached to an aromatic ring is 3. The van der Waals surface area contributed by atoms with Crippen molar-refractivity contribution < 1.29 is 13.3 Å². The Morgan fingerprint density at radius 1 is 0.409 bits per heavy atom. The summed E-state index contributed by atoms with van der Waals surface area (Å²) in [4.78, 5) is 38.4. The molecule has 0 aliphatic rings. The molecular weight excluding hydrogens is 831 g/mol. The Labute approximate surface area is 377 Å². The Morgan fingerprint density at radius 2 is 0.788 bits per heavy atom. The Bertz CT molecular complexity index is 3210. The quantitative estimate of drug-likeness (QED) is 0.133. The van der Waals surface area contributed by atoms with Gasteiger partial charge in [-0.05, 0) is 96.8 Å². The van der Waals surface area contributed by atoms with Gasteiger partial charge in [-0.1, -0.05) is 24.1 Å². The van der Waals surface area contributed by atoms with E-state index in [9.17, 15) is 0 Å². The standard InChI is InChI=1S/C21H14N4O.C15H10N4O.C14H9N5O/c22-21-17(9-8-15-5-2-1-3-6-15)24-19(16-10-12-23-13-11-16)20(25-21)18-7-4-14-26-18;1-2-11-15(16)19-14(12-4-3-9-20-12)13(18-11)10-5-7-17-8-6-10;15-8-10-14(16)19-13(11-2-1-7-20-11)12(18-10)9-3-5-17-6-4-9/h1-7,10-14H,(H2,22,25);1,3-9H,(H2,16,19);1-7H,(H2,16,19). The number of anilines is 3. The normalized spacial score (nSPS) is 10.2. The molecule has 16 heteroatoms. The maximum Gasteiger partial charge on any atom is 0.183 e. The molecule has 0 saturated heterocycles. The largest absolute Gasteiger partial charge is 0.463 e. The van der Waals surface area contributed by atoms with Crippen LogP contribution < -0.4 is 17.2 Å². The minimum absolute atomic E-state index is 0.0803. The van der Waals surface area contributed by atoms with Crippen LogP contribution >= 0.6 is 0 Å². The SMILES string of the molecule is C#Cc1nc(-c2ccncc2)c(-c2ccco2)nc1N.N#Cc1nc(-c2ccncc2)c(-c2ccco2)nc1N.Nc1nc(-c2ccco2)c(-c2ccncc2)nc1C#Cc1ccccc1. The lowest BCUT2D eigenvalue weighted by atomic mass is 10.1. The number of hydrogen-bond donors (Lipinski definition) is 3. The third kappa shape index (κ3) is 9.77. The fourth-order valence-corrected chi connectivity index (χ4v) is 6.17. The van der Waals surface area contributed by atoms with Gasteiger partial charge in [-0.2, -0.15) is 5.26 Å². The smallest absolute Gasteiger partial charge is 0.183 e. The molecular formula is C50H33N13O3. The molecule has 9 heterocycles. The number of nitrogens with zero attached hydrogens (tertiary/aromatic N) is 10. The minimum atomic E-state index is 0.0803. The highest BCUT2D eigenvalue weighted by molar-refractivity contribution is 5.79. The first-order valence-electron chi connectivity index (χ1n) is 19.7. The van der Waals surface area contributed by atoms with E-state index in [0.717, 1.165) is 22.3 Å². The summed E-state index contributed by atoms with van der Waals surface area (Å²) < 4.78 is 16.2. The summed E-state index contributed by atoms with van der Waals surface area (Å²) in [5.74, 6) is 10.8. The third-order valence-corrected chi connectivity index (χ3v) is 9.23. The molecule has 0 atom stereocenters. The van der Waals surface area contributed by atoms with Crippen LogP contribution in [0.3, 0.4) is 0 Å². The van der Waals surface area contributed by atoms with Crippen molar-refractivity contribution in [2.75, 3.05) is 17.2 Å². The second kappa shape index (κ2) is 20.1. The predicted octanol–water partition coefficient (Wildman–Crippen LogP) is 8.40. The molecule has 0 fully saturated rings. The van der Waals surface area contributed by atoms with Crippen molar-refractivity contribution >= 4 is 17.5 Å². The van der Waals surface area contributed by atoms with E-state index in [1.165, 1.54) is 0 Å². The van der Waals surface area contributed by atoms with E-state index in [1.54, 1.807) is 98.4 Å². The highest BCUT2D eigenvalue weighted by Crippen LogP contribution is 2.33. The van der Waals surface area contributed by atoms with E-state index in [0.29, 0.717) is 62.8 Å². The molecule has 0 spiro atoms. The molecule has 10 rings (SSSR count). The van der Waals surface area contributed by atoms with Crippen molar-refractivity contribution in [3.63, 3.8) is 0 Å². The van der Waals surface area contributed by atoms with Crippen LogP contribution in [-0.4, -0.2) is 44.9 Å². The lowest BCUT2D eigenvalue weighted by Gasteiger charge is -2.08. The molecule has 0 unspecified atom stereocenters. The molecule has 1 aromatic carbocycles. The number of terminal acetylenes is 1. The number of benzene rings is 1. The molecule has 10 aromatic rings. The maximum absolute atomic E-state index is 9.04. The molecule has 0 bridgehead atoms. The highest BCUT2D eigenvalue weighted by Gasteiger charge is 2.19. The second-order valence-electron chi connectivity index (χ2n) is 13.5. The molecule has 0 radical (unpaired) electrons. The van der Waals surface area contributed by atoms with Crippen molar-refractivity contribution in [3.8, 4) is 98.4 Å². The Kier molecular flexibility index (Phi) is 12.9. The fourth-order valence-electron chi connectivity index (χ4n) is 6.17. The Hall–Kier alpha value is -10.2. The summed E-state index contributed by atoms with van der Waals surface area (Å²) in [6, 6.07) is 33.3. The van der Waals surface area contributed by atoms with Gasteiger partial charge >= 0.3 is 0 Å². The van der Waals surface area contributed by atoms with Gasteiger partial charge in [0, 0.05) is 59.4 Å². The van der Waals surface area contributed by atoms with Crippen molar-refractivity contribution in [1.29, 1.82) is 5.26 Å². The van der Waals surface area contributed by atoms with E-state index in [1.807, 2.05) is 66.7 Å². The molecule has 0 aliphatic carbocycles. The summed E-state index contributed by atoms with van der Waals surface area (Å²) in [5, 5.41) is 9.04. The van der Waals surface area contributed by atoms with Crippen molar-refractivity contribution in [3.05, 3.63) is 182 Å². The number of nitriles is 1. The number of aromatic nitrogens is 9. The Morgan fingerprint density at radius 3 is 1.17 bits per heavy atom. The summed E-state index contributed by atoms with van der Waals surface area (Å²) in [7, 11) is 0. The Balaban J connectivity index is 0.000000136. The van der Waals surface area contributed by atoms with Gasteiger partial charge in [0.15, 0.2) is 51.8 Å². The van der Waals surface area contributed by atoms with Gasteiger partial charge in [-0.3, -0.25) is 15.0 Å². The van der Waals surface area contributed by atoms with Crippen LogP contribution in [0, 0.1) is 35.5 Å². The van der Waals surface area contributed by atoms with Crippen molar-refractivity contribution in [1.82, 2.24) is 44.9 Å². The first kappa shape index (κ1) is 42.5. The number of furan rings is 3. The molecule has 66 heavy (non-hydrogen) atoms. The van der Waals surface area contributed by atoms with Gasteiger partial charge in [0.25, 0.3) is 0 Å². The summed E-state index contributed by atoms with van der Waals surface area (Å²) in [6.45, 7) is 0.